The van der Waals surface area contributed by atoms with Crippen LogP contribution >= 0.6 is 23.2 Å². The Hall–Kier alpha value is -0.290. The van der Waals surface area contributed by atoms with Crippen molar-refractivity contribution in [3.05, 3.63) is 28.2 Å². The molecule has 102 valence electrons. The van der Waals surface area contributed by atoms with Crippen molar-refractivity contribution in [3.8, 4) is 0 Å². The highest BCUT2D eigenvalue weighted by Crippen LogP contribution is 2.24. The van der Waals surface area contributed by atoms with Crippen molar-refractivity contribution < 1.29 is 8.42 Å². The summed E-state index contributed by atoms with van der Waals surface area (Å²) in [5.41, 5.74) is 0. The molecular weight excluding hydrogens is 293 g/mol. The van der Waals surface area contributed by atoms with Crippen molar-refractivity contribution in [1.82, 2.24) is 4.72 Å². The zero-order valence-corrected chi connectivity index (χ0v) is 12.6. The Morgan fingerprint density at radius 1 is 1.17 bits per heavy atom. The Bertz CT molecular complexity index is 489. The molecule has 0 amide bonds. The summed E-state index contributed by atoms with van der Waals surface area (Å²) in [7, 11) is -3.57. The number of halogens is 2. The minimum absolute atomic E-state index is 0.0344. The average molecular weight is 310 g/mol. The Balaban J connectivity index is 2.66. The molecule has 0 aliphatic carbocycles. The van der Waals surface area contributed by atoms with Crippen LogP contribution in [-0.2, 0) is 10.0 Å². The second-order valence-electron chi connectivity index (χ2n) is 4.03. The van der Waals surface area contributed by atoms with Gasteiger partial charge in [-0.15, -0.1) is 0 Å². The minimum Gasteiger partial charge on any atom is -0.211 e. The van der Waals surface area contributed by atoms with Crippen LogP contribution in [0.1, 0.15) is 32.6 Å². The van der Waals surface area contributed by atoms with Crippen LogP contribution in [0.25, 0.3) is 0 Å². The lowest BCUT2D eigenvalue weighted by atomic mass is 10.2. The Labute approximate surface area is 119 Å². The predicted molar refractivity (Wildman–Crippen MR) is 75.8 cm³/mol. The lowest BCUT2D eigenvalue weighted by Gasteiger charge is -2.08. The smallest absolute Gasteiger partial charge is 0.211 e. The Kier molecular flexibility index (Phi) is 6.43. The van der Waals surface area contributed by atoms with E-state index in [1.54, 1.807) is 6.07 Å². The van der Waals surface area contributed by atoms with Gasteiger partial charge in [0.25, 0.3) is 0 Å². The summed E-state index contributed by atoms with van der Waals surface area (Å²) >= 11 is 11.6. The van der Waals surface area contributed by atoms with E-state index in [-0.39, 0.29) is 9.92 Å². The highest BCUT2D eigenvalue weighted by atomic mass is 35.5. The number of unbranched alkanes of at least 4 members (excludes halogenated alkanes) is 3. The quantitative estimate of drug-likeness (QED) is 0.778. The van der Waals surface area contributed by atoms with Crippen LogP contribution in [0.5, 0.6) is 0 Å². The molecule has 1 aromatic rings. The van der Waals surface area contributed by atoms with Crippen LogP contribution in [0.2, 0.25) is 10.0 Å². The van der Waals surface area contributed by atoms with E-state index in [0.29, 0.717) is 11.6 Å². The van der Waals surface area contributed by atoms with E-state index >= 15 is 0 Å². The maximum atomic E-state index is 12.0. The molecule has 18 heavy (non-hydrogen) atoms. The first kappa shape index (κ1) is 15.8. The summed E-state index contributed by atoms with van der Waals surface area (Å²) < 4.78 is 26.5. The molecule has 0 fully saturated rings. The van der Waals surface area contributed by atoms with Crippen LogP contribution in [0.3, 0.4) is 0 Å². The molecule has 0 bridgehead atoms. The molecule has 0 aliphatic heterocycles. The van der Waals surface area contributed by atoms with Gasteiger partial charge in [0, 0.05) is 11.6 Å². The van der Waals surface area contributed by atoms with E-state index in [4.69, 9.17) is 23.2 Å². The SMILES string of the molecule is CCCCCCNS(=O)(=O)c1cc(Cl)ccc1Cl. The van der Waals surface area contributed by atoms with E-state index < -0.39 is 10.0 Å². The van der Waals surface area contributed by atoms with Crippen LogP contribution in [0.4, 0.5) is 0 Å². The van der Waals surface area contributed by atoms with Crippen molar-refractivity contribution in [2.75, 3.05) is 6.54 Å². The zero-order valence-electron chi connectivity index (χ0n) is 10.2. The zero-order chi connectivity index (χ0) is 13.6. The second kappa shape index (κ2) is 7.34. The van der Waals surface area contributed by atoms with E-state index in [2.05, 4.69) is 11.6 Å². The summed E-state index contributed by atoms with van der Waals surface area (Å²) in [5, 5.41) is 0.534. The molecule has 0 spiro atoms. The number of benzene rings is 1. The van der Waals surface area contributed by atoms with Gasteiger partial charge in [0.2, 0.25) is 10.0 Å². The molecule has 0 saturated carbocycles. The lowest BCUT2D eigenvalue weighted by molar-refractivity contribution is 0.573. The van der Waals surface area contributed by atoms with Gasteiger partial charge in [-0.2, -0.15) is 0 Å². The van der Waals surface area contributed by atoms with Crippen LogP contribution in [0, 0.1) is 0 Å². The molecule has 3 nitrogen and oxygen atoms in total. The minimum atomic E-state index is -3.57. The molecule has 1 rings (SSSR count). The molecule has 0 atom stereocenters. The van der Waals surface area contributed by atoms with Crippen molar-refractivity contribution in [3.63, 3.8) is 0 Å². The van der Waals surface area contributed by atoms with Crippen molar-refractivity contribution in [1.29, 1.82) is 0 Å². The third-order valence-corrected chi connectivity index (χ3v) is 4.68. The summed E-state index contributed by atoms with van der Waals surface area (Å²) in [6.45, 7) is 2.53. The molecule has 0 radical (unpaired) electrons. The van der Waals surface area contributed by atoms with Crippen LogP contribution in [-0.4, -0.2) is 15.0 Å². The Morgan fingerprint density at radius 2 is 1.89 bits per heavy atom. The molecule has 0 aliphatic rings. The third kappa shape index (κ3) is 4.76. The predicted octanol–water partition coefficient (Wildman–Crippen LogP) is 3.85. The van der Waals surface area contributed by atoms with Gasteiger partial charge >= 0.3 is 0 Å². The maximum Gasteiger partial charge on any atom is 0.242 e. The van der Waals surface area contributed by atoms with Gasteiger partial charge in [-0.1, -0.05) is 49.4 Å². The summed E-state index contributed by atoms with van der Waals surface area (Å²) in [6, 6.07) is 4.40. The summed E-state index contributed by atoms with van der Waals surface area (Å²) in [4.78, 5) is 0.0344. The first-order chi connectivity index (χ1) is 8.47. The number of nitrogens with one attached hydrogen (secondary N) is 1. The maximum absolute atomic E-state index is 12.0. The first-order valence-corrected chi connectivity index (χ1v) is 8.16. The number of hydrogen-bond donors (Lipinski definition) is 1. The van der Waals surface area contributed by atoms with E-state index in [1.807, 2.05) is 0 Å². The molecular formula is C12H17Cl2NO2S. The standard InChI is InChI=1S/C12H17Cl2NO2S/c1-2-3-4-5-8-15-18(16,17)12-9-10(13)6-7-11(12)14/h6-7,9,15H,2-5,8H2,1H3. The van der Waals surface area contributed by atoms with Crippen molar-refractivity contribution >= 4 is 33.2 Å². The van der Waals surface area contributed by atoms with Gasteiger partial charge in [0.15, 0.2) is 0 Å². The van der Waals surface area contributed by atoms with E-state index in [1.165, 1.54) is 12.1 Å². The van der Waals surface area contributed by atoms with Gasteiger partial charge in [-0.25, -0.2) is 13.1 Å². The van der Waals surface area contributed by atoms with Gasteiger partial charge < -0.3 is 0 Å². The highest BCUT2D eigenvalue weighted by molar-refractivity contribution is 7.89. The lowest BCUT2D eigenvalue weighted by Crippen LogP contribution is -2.25. The normalized spacial score (nSPS) is 11.7. The van der Waals surface area contributed by atoms with Gasteiger partial charge in [-0.3, -0.25) is 0 Å². The fraction of sp³-hybridized carbons (Fsp3) is 0.500. The second-order valence-corrected chi connectivity index (χ2v) is 6.61. The molecule has 6 heteroatoms. The third-order valence-electron chi connectivity index (χ3n) is 2.51. The van der Waals surface area contributed by atoms with Crippen molar-refractivity contribution in [2.45, 2.75) is 37.5 Å². The number of hydrogen-bond acceptors (Lipinski definition) is 2. The summed E-state index contributed by atoms with van der Waals surface area (Å²) in [6.07, 6.45) is 4.07. The molecule has 0 aromatic heterocycles. The van der Waals surface area contributed by atoms with Gasteiger partial charge in [0.1, 0.15) is 4.90 Å². The average Bonchev–Trinajstić information content (AvgIpc) is 2.32. The van der Waals surface area contributed by atoms with Crippen LogP contribution < -0.4 is 4.72 Å². The monoisotopic (exact) mass is 309 g/mol. The number of sulfonamides is 1. The largest absolute Gasteiger partial charge is 0.242 e. The molecule has 1 aromatic carbocycles. The number of rotatable bonds is 7. The fourth-order valence-electron chi connectivity index (χ4n) is 1.52. The molecule has 0 saturated heterocycles. The topological polar surface area (TPSA) is 46.2 Å². The first-order valence-electron chi connectivity index (χ1n) is 5.92. The van der Waals surface area contributed by atoms with E-state index in [9.17, 15) is 8.42 Å². The Morgan fingerprint density at radius 3 is 2.56 bits per heavy atom. The van der Waals surface area contributed by atoms with Gasteiger partial charge in [-0.05, 0) is 24.6 Å². The highest BCUT2D eigenvalue weighted by Gasteiger charge is 2.17. The van der Waals surface area contributed by atoms with Crippen molar-refractivity contribution in [2.24, 2.45) is 0 Å². The summed E-state index contributed by atoms with van der Waals surface area (Å²) in [5.74, 6) is 0. The van der Waals surface area contributed by atoms with Crippen LogP contribution in [0.15, 0.2) is 23.1 Å². The fourth-order valence-corrected chi connectivity index (χ4v) is 3.35. The van der Waals surface area contributed by atoms with E-state index in [0.717, 1.165) is 25.7 Å². The molecule has 1 N–H and O–H groups in total. The molecule has 0 heterocycles. The van der Waals surface area contributed by atoms with Gasteiger partial charge in [0.05, 0.1) is 5.02 Å². The molecule has 0 unspecified atom stereocenters.